The highest BCUT2D eigenvalue weighted by atomic mass is 19.1. The Bertz CT molecular complexity index is 1790. The molecule has 0 spiro atoms. The van der Waals surface area contributed by atoms with Gasteiger partial charge in [0.25, 0.3) is 0 Å². The van der Waals surface area contributed by atoms with Crippen LogP contribution in [-0.2, 0) is 24.4 Å². The van der Waals surface area contributed by atoms with Crippen LogP contribution in [0.25, 0.3) is 11.0 Å². The van der Waals surface area contributed by atoms with Crippen molar-refractivity contribution >= 4 is 17.0 Å². The van der Waals surface area contributed by atoms with Crippen molar-refractivity contribution in [1.82, 2.24) is 19.4 Å². The SMILES string of the molecule is N#Cc1ccc(COc2cccc(C3CCN(Cc4nc5c(OCC6CC6)cc(C(=O)O)cc5n4CC4CCO4)CC3)n2)c(F)c1. The molecule has 11 heteroatoms. The Kier molecular flexibility index (Phi) is 8.56. The van der Waals surface area contributed by atoms with Crippen LogP contribution in [0.2, 0.25) is 0 Å². The van der Waals surface area contributed by atoms with E-state index in [1.165, 1.54) is 6.07 Å². The fourth-order valence-electron chi connectivity index (χ4n) is 6.13. The molecule has 1 aliphatic carbocycles. The van der Waals surface area contributed by atoms with Gasteiger partial charge in [0.2, 0.25) is 5.88 Å². The molecule has 4 heterocycles. The first kappa shape index (κ1) is 30.1. The van der Waals surface area contributed by atoms with Crippen LogP contribution in [0.4, 0.5) is 4.39 Å². The van der Waals surface area contributed by atoms with Gasteiger partial charge in [0, 0.05) is 29.8 Å². The number of carboxylic acid groups (broad SMARTS) is 1. The summed E-state index contributed by atoms with van der Waals surface area (Å²) in [7, 11) is 0. The average Bonchev–Trinajstić information content (AvgIpc) is 3.82. The first-order chi connectivity index (χ1) is 22.4. The number of nitriles is 1. The number of aromatic carboxylic acids is 1. The molecule has 3 fully saturated rings. The van der Waals surface area contributed by atoms with Gasteiger partial charge in [-0.2, -0.15) is 5.26 Å². The molecule has 1 atom stereocenters. The number of aromatic nitrogens is 3. The van der Waals surface area contributed by atoms with Gasteiger partial charge in [-0.25, -0.2) is 19.2 Å². The van der Waals surface area contributed by atoms with Crippen LogP contribution in [0.5, 0.6) is 11.6 Å². The van der Waals surface area contributed by atoms with Crippen LogP contribution in [0, 0.1) is 23.1 Å². The van der Waals surface area contributed by atoms with E-state index in [-0.39, 0.29) is 29.8 Å². The first-order valence-corrected chi connectivity index (χ1v) is 15.9. The summed E-state index contributed by atoms with van der Waals surface area (Å²) >= 11 is 0. The number of likely N-dealkylation sites (tertiary alicyclic amines) is 1. The summed E-state index contributed by atoms with van der Waals surface area (Å²) in [5.74, 6) is 1.18. The van der Waals surface area contributed by atoms with Crippen LogP contribution < -0.4 is 9.47 Å². The lowest BCUT2D eigenvalue weighted by Gasteiger charge is -2.32. The number of imidazole rings is 1. The van der Waals surface area contributed by atoms with E-state index in [0.717, 1.165) is 68.8 Å². The number of carbonyl (C=O) groups is 1. The van der Waals surface area contributed by atoms with E-state index in [1.54, 1.807) is 30.3 Å². The molecule has 7 rings (SSSR count). The zero-order valence-corrected chi connectivity index (χ0v) is 25.5. The van der Waals surface area contributed by atoms with E-state index < -0.39 is 11.8 Å². The zero-order chi connectivity index (χ0) is 31.6. The summed E-state index contributed by atoms with van der Waals surface area (Å²) in [4.78, 5) is 24.2. The third-order valence-electron chi connectivity index (χ3n) is 9.17. The van der Waals surface area contributed by atoms with Gasteiger partial charge in [0.1, 0.15) is 29.5 Å². The molecule has 2 saturated heterocycles. The normalized spacial score (nSPS) is 18.7. The maximum Gasteiger partial charge on any atom is 0.335 e. The number of benzene rings is 2. The van der Waals surface area contributed by atoms with Gasteiger partial charge >= 0.3 is 5.97 Å². The van der Waals surface area contributed by atoms with Crippen LogP contribution in [0.1, 0.15) is 71.0 Å². The Morgan fingerprint density at radius 1 is 1.07 bits per heavy atom. The summed E-state index contributed by atoms with van der Waals surface area (Å²) in [6, 6.07) is 15.3. The van der Waals surface area contributed by atoms with Gasteiger partial charge in [0.05, 0.1) is 48.5 Å². The van der Waals surface area contributed by atoms with Crippen molar-refractivity contribution in [3.8, 4) is 17.7 Å². The molecular formula is C35H36FN5O5. The van der Waals surface area contributed by atoms with Gasteiger partial charge in [-0.05, 0) is 81.4 Å². The summed E-state index contributed by atoms with van der Waals surface area (Å²) in [6.45, 7) is 4.29. The smallest absolute Gasteiger partial charge is 0.335 e. The molecule has 1 N–H and O–H groups in total. The molecule has 4 aromatic rings. The maximum absolute atomic E-state index is 14.3. The number of ether oxygens (including phenoxy) is 3. The van der Waals surface area contributed by atoms with Gasteiger partial charge in [0.15, 0.2) is 0 Å². The summed E-state index contributed by atoms with van der Waals surface area (Å²) in [5, 5.41) is 18.8. The predicted molar refractivity (Wildman–Crippen MR) is 166 cm³/mol. The number of piperidine rings is 1. The highest BCUT2D eigenvalue weighted by Crippen LogP contribution is 2.35. The number of nitrogens with zero attached hydrogens (tertiary/aromatic N) is 5. The number of rotatable bonds is 12. The van der Waals surface area contributed by atoms with Crippen molar-refractivity contribution < 1.29 is 28.5 Å². The predicted octanol–water partition coefficient (Wildman–Crippen LogP) is 5.68. The molecule has 1 saturated carbocycles. The quantitative estimate of drug-likeness (QED) is 0.212. The molecule has 238 valence electrons. The lowest BCUT2D eigenvalue weighted by Crippen LogP contribution is -2.35. The Morgan fingerprint density at radius 2 is 1.89 bits per heavy atom. The summed E-state index contributed by atoms with van der Waals surface area (Å²) < 4.78 is 34.2. The van der Waals surface area contributed by atoms with Gasteiger partial charge in [-0.1, -0.05) is 12.1 Å². The molecule has 0 radical (unpaired) electrons. The molecule has 2 aromatic heterocycles. The van der Waals surface area contributed by atoms with Crippen LogP contribution in [-0.4, -0.2) is 62.9 Å². The number of carboxylic acids is 1. The number of hydrogen-bond donors (Lipinski definition) is 1. The Labute approximate surface area is 266 Å². The van der Waals surface area contributed by atoms with Crippen molar-refractivity contribution in [3.63, 3.8) is 0 Å². The number of pyridine rings is 1. The molecule has 0 amide bonds. The third kappa shape index (κ3) is 6.69. The number of hydrogen-bond acceptors (Lipinski definition) is 8. The molecule has 46 heavy (non-hydrogen) atoms. The van der Waals surface area contributed by atoms with Crippen molar-refractivity contribution in [3.05, 3.63) is 82.6 Å². The maximum atomic E-state index is 14.3. The Morgan fingerprint density at radius 3 is 2.59 bits per heavy atom. The van der Waals surface area contributed by atoms with E-state index in [0.29, 0.717) is 48.3 Å². The molecular weight excluding hydrogens is 589 g/mol. The second-order valence-electron chi connectivity index (χ2n) is 12.5. The highest BCUT2D eigenvalue weighted by Gasteiger charge is 2.28. The van der Waals surface area contributed by atoms with Gasteiger partial charge in [-0.3, -0.25) is 4.90 Å². The third-order valence-corrected chi connectivity index (χ3v) is 9.17. The Hall–Kier alpha value is -4.53. The lowest BCUT2D eigenvalue weighted by atomic mass is 9.93. The molecule has 1 unspecified atom stereocenters. The van der Waals surface area contributed by atoms with Crippen molar-refractivity contribution in [2.24, 2.45) is 5.92 Å². The van der Waals surface area contributed by atoms with Crippen LogP contribution >= 0.6 is 0 Å². The minimum absolute atomic E-state index is 0.0284. The molecule has 10 nitrogen and oxygen atoms in total. The number of fused-ring (bicyclic) bond motifs is 1. The van der Waals surface area contributed by atoms with Crippen molar-refractivity contribution in [2.75, 3.05) is 26.3 Å². The van der Waals surface area contributed by atoms with E-state index in [9.17, 15) is 14.3 Å². The lowest BCUT2D eigenvalue weighted by molar-refractivity contribution is -0.0592. The zero-order valence-electron chi connectivity index (χ0n) is 25.5. The molecule has 0 bridgehead atoms. The van der Waals surface area contributed by atoms with Gasteiger partial charge < -0.3 is 23.9 Å². The standard InChI is InChI=1S/C35H36FN5O5/c36-28-14-23(17-37)6-7-25(28)21-46-33-3-1-2-29(38-33)24-8-11-40(12-9-24)19-32-39-34-30(41(32)18-27-10-13-44-27)15-26(35(42)43)16-31(34)45-20-22-4-5-22/h1-3,6-7,14-16,22,24,27H,4-5,8-13,18-21H2,(H,42,43). The second kappa shape index (κ2) is 13.1. The molecule has 2 aromatic carbocycles. The van der Waals surface area contributed by atoms with E-state index >= 15 is 0 Å². The minimum atomic E-state index is -0.987. The largest absolute Gasteiger partial charge is 0.491 e. The van der Waals surface area contributed by atoms with Crippen molar-refractivity contribution in [1.29, 1.82) is 5.26 Å². The minimum Gasteiger partial charge on any atom is -0.491 e. The van der Waals surface area contributed by atoms with E-state index in [4.69, 9.17) is 29.4 Å². The van der Waals surface area contributed by atoms with Crippen molar-refractivity contribution in [2.45, 2.75) is 63.8 Å². The monoisotopic (exact) mass is 625 g/mol. The summed E-state index contributed by atoms with van der Waals surface area (Å²) in [6.07, 6.45) is 5.15. The second-order valence-corrected chi connectivity index (χ2v) is 12.5. The first-order valence-electron chi connectivity index (χ1n) is 15.9. The van der Waals surface area contributed by atoms with Crippen LogP contribution in [0.3, 0.4) is 0 Å². The molecule has 3 aliphatic rings. The summed E-state index contributed by atoms with van der Waals surface area (Å²) in [5.41, 5.74) is 3.26. The van der Waals surface area contributed by atoms with Gasteiger partial charge in [-0.15, -0.1) is 0 Å². The molecule has 2 aliphatic heterocycles. The topological polar surface area (TPSA) is 123 Å². The van der Waals surface area contributed by atoms with E-state index in [1.807, 2.05) is 18.2 Å². The Balaban J connectivity index is 1.04. The van der Waals surface area contributed by atoms with E-state index in [2.05, 4.69) is 9.47 Å². The van der Waals surface area contributed by atoms with Crippen LogP contribution in [0.15, 0.2) is 48.5 Å². The average molecular weight is 626 g/mol. The number of halogens is 1. The highest BCUT2D eigenvalue weighted by molar-refractivity contribution is 5.95. The fourth-order valence-corrected chi connectivity index (χ4v) is 6.13. The fraction of sp³-hybridized carbons (Fsp3) is 0.429.